The molecule has 6 aromatic carbocycles. The van der Waals surface area contributed by atoms with Crippen molar-refractivity contribution in [2.45, 2.75) is 32.1 Å². The Kier molecular flexibility index (Phi) is 5.41. The van der Waals surface area contributed by atoms with Crippen LogP contribution in [0, 0.1) is 0 Å². The zero-order valence-electron chi connectivity index (χ0n) is 23.6. The maximum Gasteiger partial charge on any atom is 0.0146 e. The van der Waals surface area contributed by atoms with Crippen LogP contribution in [0.25, 0.3) is 44.5 Å². The minimum absolute atomic E-state index is 0.0964. The van der Waals surface area contributed by atoms with Gasteiger partial charge in [0, 0.05) is 5.41 Å². The molecule has 0 nitrogen and oxygen atoms in total. The van der Waals surface area contributed by atoms with Crippen LogP contribution in [0.15, 0.2) is 133 Å². The number of rotatable bonds is 4. The molecular formula is C41H32. The molecule has 0 fully saturated rings. The van der Waals surface area contributed by atoms with Crippen LogP contribution in [0.5, 0.6) is 0 Å². The van der Waals surface area contributed by atoms with Crippen LogP contribution < -0.4 is 0 Å². The zero-order valence-corrected chi connectivity index (χ0v) is 23.6. The monoisotopic (exact) mass is 524 g/mol. The molecule has 41 heavy (non-hydrogen) atoms. The lowest BCUT2D eigenvalue weighted by Crippen LogP contribution is -2.18. The molecule has 6 aromatic rings. The van der Waals surface area contributed by atoms with E-state index in [9.17, 15) is 0 Å². The molecular weight excluding hydrogens is 492 g/mol. The van der Waals surface area contributed by atoms with Gasteiger partial charge < -0.3 is 0 Å². The highest BCUT2D eigenvalue weighted by molar-refractivity contribution is 5.86. The number of hydrogen-bond acceptors (Lipinski definition) is 0. The summed E-state index contributed by atoms with van der Waals surface area (Å²) in [5.41, 5.74) is 19.2. The predicted molar refractivity (Wildman–Crippen MR) is 172 cm³/mol. The van der Waals surface area contributed by atoms with E-state index >= 15 is 0 Å². The normalized spacial score (nSPS) is 12.9. The molecule has 196 valence electrons. The van der Waals surface area contributed by atoms with E-state index in [1.54, 1.807) is 0 Å². The van der Waals surface area contributed by atoms with E-state index in [2.05, 4.69) is 147 Å². The van der Waals surface area contributed by atoms with Gasteiger partial charge in [0.05, 0.1) is 0 Å². The van der Waals surface area contributed by atoms with Gasteiger partial charge in [-0.2, -0.15) is 0 Å². The second-order valence-corrected chi connectivity index (χ2v) is 12.1. The van der Waals surface area contributed by atoms with Crippen LogP contribution in [0.1, 0.15) is 47.2 Å². The smallest absolute Gasteiger partial charge is 0.0146 e. The van der Waals surface area contributed by atoms with Crippen LogP contribution in [-0.4, -0.2) is 0 Å². The highest BCUT2D eigenvalue weighted by atomic mass is 14.3. The molecule has 0 spiro atoms. The summed E-state index contributed by atoms with van der Waals surface area (Å²) >= 11 is 0. The van der Waals surface area contributed by atoms with Gasteiger partial charge in [-0.15, -0.1) is 0 Å². The first-order chi connectivity index (χ1) is 20.1. The quantitative estimate of drug-likeness (QED) is 0.215. The molecule has 0 N–H and O–H groups in total. The molecule has 0 aliphatic heterocycles. The van der Waals surface area contributed by atoms with Gasteiger partial charge in [0.1, 0.15) is 0 Å². The molecule has 0 bridgehead atoms. The van der Waals surface area contributed by atoms with Gasteiger partial charge in [0.25, 0.3) is 0 Å². The van der Waals surface area contributed by atoms with E-state index in [0.29, 0.717) is 0 Å². The van der Waals surface area contributed by atoms with Crippen molar-refractivity contribution in [2.75, 3.05) is 0 Å². The van der Waals surface area contributed by atoms with Crippen LogP contribution in [-0.2, 0) is 18.3 Å². The largest absolute Gasteiger partial charge is 0.0619 e. The van der Waals surface area contributed by atoms with Gasteiger partial charge >= 0.3 is 0 Å². The summed E-state index contributed by atoms with van der Waals surface area (Å²) in [6.45, 7) is 4.68. The number of benzene rings is 6. The molecule has 0 saturated carbocycles. The van der Waals surface area contributed by atoms with Gasteiger partial charge in [-0.25, -0.2) is 0 Å². The topological polar surface area (TPSA) is 0 Å². The molecule has 0 unspecified atom stereocenters. The number of fused-ring (bicyclic) bond motifs is 6. The molecule has 0 heteroatoms. The molecule has 2 aliphatic carbocycles. The summed E-state index contributed by atoms with van der Waals surface area (Å²) in [5.74, 6) is 0. The van der Waals surface area contributed by atoms with Gasteiger partial charge in [-0.3, -0.25) is 0 Å². The number of hydrogen-bond donors (Lipinski definition) is 0. The zero-order chi connectivity index (χ0) is 27.6. The van der Waals surface area contributed by atoms with Crippen LogP contribution in [0.4, 0.5) is 0 Å². The van der Waals surface area contributed by atoms with Crippen LogP contribution in [0.2, 0.25) is 0 Å². The Bertz CT molecular complexity index is 1790. The molecule has 0 heterocycles. The molecule has 0 amide bonds. The van der Waals surface area contributed by atoms with E-state index in [1.165, 1.54) is 77.9 Å². The van der Waals surface area contributed by atoms with Gasteiger partial charge in [-0.05, 0) is 90.7 Å². The Hall–Kier alpha value is -4.68. The fraction of sp³-hybridized carbons (Fsp3) is 0.122. The first kappa shape index (κ1) is 24.1. The van der Waals surface area contributed by atoms with Crippen molar-refractivity contribution in [3.05, 3.63) is 167 Å². The summed E-state index contributed by atoms with van der Waals surface area (Å²) in [4.78, 5) is 0. The summed E-state index contributed by atoms with van der Waals surface area (Å²) in [5, 5.41) is 0. The lowest BCUT2D eigenvalue weighted by Gasteiger charge is -2.27. The standard InChI is InChI=1S/C41H32/c1-41(2,31-21-17-27(18-22-31)33-13-7-15-37-35-11-5-3-9-29(35)25-39(33)37)32-23-19-28(20-24-32)34-14-8-16-38-36-12-6-4-10-30(36)26-40(34)38/h3-24H,25-26H2,1-2H3. The van der Waals surface area contributed by atoms with Gasteiger partial charge in [0.15, 0.2) is 0 Å². The summed E-state index contributed by atoms with van der Waals surface area (Å²) in [6.07, 6.45) is 2.02. The Morgan fingerprint density at radius 1 is 0.366 bits per heavy atom. The van der Waals surface area contributed by atoms with E-state index in [0.717, 1.165) is 12.8 Å². The fourth-order valence-electron chi connectivity index (χ4n) is 7.16. The van der Waals surface area contributed by atoms with Gasteiger partial charge in [-0.1, -0.05) is 147 Å². The maximum atomic E-state index is 2.34. The predicted octanol–water partition coefficient (Wildman–Crippen LogP) is 10.5. The van der Waals surface area contributed by atoms with Crippen molar-refractivity contribution in [2.24, 2.45) is 0 Å². The SMILES string of the molecule is CC(C)(c1ccc(-c2cccc3c2Cc2ccccc2-3)cc1)c1ccc(-c2cccc3c2Cc2ccccc2-3)cc1. The van der Waals surface area contributed by atoms with Crippen molar-refractivity contribution < 1.29 is 0 Å². The minimum atomic E-state index is -0.0964. The Morgan fingerprint density at radius 2 is 0.732 bits per heavy atom. The second kappa shape index (κ2) is 9.18. The second-order valence-electron chi connectivity index (χ2n) is 12.1. The third-order valence-electron chi connectivity index (χ3n) is 9.54. The van der Waals surface area contributed by atoms with Gasteiger partial charge in [0.2, 0.25) is 0 Å². The van der Waals surface area contributed by atoms with E-state index in [1.807, 2.05) is 0 Å². The van der Waals surface area contributed by atoms with Crippen molar-refractivity contribution in [3.8, 4) is 44.5 Å². The van der Waals surface area contributed by atoms with Crippen molar-refractivity contribution in [1.82, 2.24) is 0 Å². The molecule has 0 atom stereocenters. The van der Waals surface area contributed by atoms with Crippen LogP contribution >= 0.6 is 0 Å². The Morgan fingerprint density at radius 3 is 1.17 bits per heavy atom. The Balaban J connectivity index is 1.08. The van der Waals surface area contributed by atoms with Crippen LogP contribution in [0.3, 0.4) is 0 Å². The van der Waals surface area contributed by atoms with Crippen molar-refractivity contribution >= 4 is 0 Å². The maximum absolute atomic E-state index is 2.34. The lowest BCUT2D eigenvalue weighted by molar-refractivity contribution is 0.641. The third kappa shape index (κ3) is 3.82. The molecule has 0 saturated heterocycles. The molecule has 0 aromatic heterocycles. The van der Waals surface area contributed by atoms with E-state index in [4.69, 9.17) is 0 Å². The summed E-state index contributed by atoms with van der Waals surface area (Å²) in [7, 11) is 0. The Labute approximate surface area is 243 Å². The first-order valence-electron chi connectivity index (χ1n) is 14.7. The molecule has 2 aliphatic rings. The lowest BCUT2D eigenvalue weighted by atomic mass is 9.77. The fourth-order valence-corrected chi connectivity index (χ4v) is 7.16. The first-order valence-corrected chi connectivity index (χ1v) is 14.7. The highest BCUT2D eigenvalue weighted by Crippen LogP contribution is 2.43. The van der Waals surface area contributed by atoms with E-state index in [-0.39, 0.29) is 5.41 Å². The summed E-state index contributed by atoms with van der Waals surface area (Å²) < 4.78 is 0. The third-order valence-corrected chi connectivity index (χ3v) is 9.54. The average Bonchev–Trinajstić information content (AvgIpc) is 3.60. The molecule has 0 radical (unpaired) electrons. The average molecular weight is 525 g/mol. The van der Waals surface area contributed by atoms with Crippen molar-refractivity contribution in [3.63, 3.8) is 0 Å². The minimum Gasteiger partial charge on any atom is -0.0619 e. The molecule has 8 rings (SSSR count). The van der Waals surface area contributed by atoms with E-state index < -0.39 is 0 Å². The summed E-state index contributed by atoms with van der Waals surface area (Å²) in [6, 6.07) is 49.7. The van der Waals surface area contributed by atoms with Crippen molar-refractivity contribution in [1.29, 1.82) is 0 Å². The highest BCUT2D eigenvalue weighted by Gasteiger charge is 2.26.